The van der Waals surface area contributed by atoms with Crippen molar-refractivity contribution in [1.29, 1.82) is 0 Å². The van der Waals surface area contributed by atoms with Gasteiger partial charge in [0.05, 0.1) is 17.0 Å². The van der Waals surface area contributed by atoms with E-state index >= 15 is 0 Å². The molecular formula is C11H9ClN2O2S. The summed E-state index contributed by atoms with van der Waals surface area (Å²) in [5, 5.41) is 4.80. The maximum Gasteiger partial charge on any atom is 0.267 e. The van der Waals surface area contributed by atoms with Gasteiger partial charge in [-0.15, -0.1) is 11.3 Å². The number of rotatable bonds is 3. The molecule has 0 aliphatic rings. The van der Waals surface area contributed by atoms with Crippen molar-refractivity contribution in [2.24, 2.45) is 0 Å². The molecule has 1 N–H and O–H groups in total. The van der Waals surface area contributed by atoms with Crippen LogP contribution < -0.4 is 10.1 Å². The van der Waals surface area contributed by atoms with Gasteiger partial charge in [0.15, 0.2) is 5.82 Å². The molecule has 1 amide bonds. The van der Waals surface area contributed by atoms with E-state index in [2.05, 4.69) is 10.3 Å². The third-order valence-electron chi connectivity index (χ3n) is 2.03. The minimum atomic E-state index is -0.251. The number of nitrogens with zero attached hydrogens (tertiary/aromatic N) is 1. The van der Waals surface area contributed by atoms with Crippen molar-refractivity contribution in [3.8, 4) is 5.75 Å². The number of amides is 1. The van der Waals surface area contributed by atoms with E-state index in [9.17, 15) is 4.79 Å². The predicted molar refractivity (Wildman–Crippen MR) is 68.1 cm³/mol. The molecule has 2 aromatic heterocycles. The zero-order valence-corrected chi connectivity index (χ0v) is 10.5. The maximum atomic E-state index is 11.8. The van der Waals surface area contributed by atoms with Crippen LogP contribution in [0.15, 0.2) is 29.8 Å². The Hall–Kier alpha value is -1.59. The number of nitrogens with one attached hydrogen (secondary N) is 1. The number of aromatic nitrogens is 1. The lowest BCUT2D eigenvalue weighted by atomic mass is 10.4. The van der Waals surface area contributed by atoms with Gasteiger partial charge in [-0.2, -0.15) is 0 Å². The molecule has 0 saturated heterocycles. The van der Waals surface area contributed by atoms with E-state index in [0.29, 0.717) is 21.5 Å². The second kappa shape index (κ2) is 5.16. The third kappa shape index (κ3) is 2.75. The Labute approximate surface area is 107 Å². The molecule has 0 saturated carbocycles. The summed E-state index contributed by atoms with van der Waals surface area (Å²) in [6.45, 7) is 0. The van der Waals surface area contributed by atoms with Crippen molar-refractivity contribution in [3.05, 3.63) is 39.7 Å². The molecule has 0 atom stereocenters. The van der Waals surface area contributed by atoms with Gasteiger partial charge < -0.3 is 10.1 Å². The van der Waals surface area contributed by atoms with E-state index < -0.39 is 0 Å². The number of hydrogen-bond acceptors (Lipinski definition) is 4. The molecule has 0 radical (unpaired) electrons. The largest absolute Gasteiger partial charge is 0.496 e. The Kier molecular flexibility index (Phi) is 3.61. The van der Waals surface area contributed by atoms with Crippen LogP contribution in [0.2, 0.25) is 5.02 Å². The minimum Gasteiger partial charge on any atom is -0.496 e. The monoisotopic (exact) mass is 268 g/mol. The summed E-state index contributed by atoms with van der Waals surface area (Å²) < 4.78 is 5.01. The van der Waals surface area contributed by atoms with Crippen molar-refractivity contribution in [3.63, 3.8) is 0 Å². The first-order chi connectivity index (χ1) is 8.20. The quantitative estimate of drug-likeness (QED) is 0.931. The summed E-state index contributed by atoms with van der Waals surface area (Å²) in [5.74, 6) is 0.762. The van der Waals surface area contributed by atoms with E-state index in [-0.39, 0.29) is 5.91 Å². The van der Waals surface area contributed by atoms with Gasteiger partial charge in [0, 0.05) is 17.6 Å². The molecule has 0 aliphatic heterocycles. The Morgan fingerprint density at radius 2 is 2.41 bits per heavy atom. The van der Waals surface area contributed by atoms with Crippen LogP contribution in [-0.2, 0) is 0 Å². The van der Waals surface area contributed by atoms with Crippen molar-refractivity contribution in [1.82, 2.24) is 4.98 Å². The molecule has 2 heterocycles. The van der Waals surface area contributed by atoms with Crippen LogP contribution in [-0.4, -0.2) is 18.0 Å². The summed E-state index contributed by atoms with van der Waals surface area (Å²) in [4.78, 5) is 16.4. The zero-order chi connectivity index (χ0) is 12.3. The number of hydrogen-bond donors (Lipinski definition) is 1. The Bertz CT molecular complexity index is 542. The summed E-state index contributed by atoms with van der Waals surface area (Å²) in [7, 11) is 1.55. The normalized spacial score (nSPS) is 10.0. The Morgan fingerprint density at radius 1 is 1.59 bits per heavy atom. The van der Waals surface area contributed by atoms with E-state index in [1.54, 1.807) is 36.9 Å². The molecule has 0 aliphatic carbocycles. The summed E-state index contributed by atoms with van der Waals surface area (Å²) in [6, 6.07) is 5.03. The minimum absolute atomic E-state index is 0.251. The molecule has 2 aromatic rings. The van der Waals surface area contributed by atoms with Gasteiger partial charge in [0.2, 0.25) is 0 Å². The number of ether oxygens (including phenoxy) is 1. The lowest BCUT2D eigenvalue weighted by molar-refractivity contribution is 0.103. The van der Waals surface area contributed by atoms with E-state index in [4.69, 9.17) is 16.3 Å². The standard InChI is InChI=1S/C11H9ClN2O2S/c1-16-7-5-9(17-6-7)11(15)14-10-8(12)3-2-4-13-10/h2-6H,1H3,(H,13,14,15). The topological polar surface area (TPSA) is 51.2 Å². The van der Waals surface area contributed by atoms with Gasteiger partial charge in [-0.25, -0.2) is 4.98 Å². The Morgan fingerprint density at radius 3 is 3.06 bits per heavy atom. The van der Waals surface area contributed by atoms with Gasteiger partial charge in [-0.1, -0.05) is 11.6 Å². The lowest BCUT2D eigenvalue weighted by Gasteiger charge is -2.03. The smallest absolute Gasteiger partial charge is 0.267 e. The Balaban J connectivity index is 2.14. The molecule has 0 fully saturated rings. The highest BCUT2D eigenvalue weighted by Gasteiger charge is 2.11. The molecule has 17 heavy (non-hydrogen) atoms. The number of carbonyl (C=O) groups excluding carboxylic acids is 1. The number of carbonyl (C=O) groups is 1. The summed E-state index contributed by atoms with van der Waals surface area (Å²) in [5.41, 5.74) is 0. The van der Waals surface area contributed by atoms with Crippen molar-refractivity contribution >= 4 is 34.7 Å². The summed E-state index contributed by atoms with van der Waals surface area (Å²) in [6.07, 6.45) is 1.57. The molecule has 6 heteroatoms. The fraction of sp³-hybridized carbons (Fsp3) is 0.0909. The zero-order valence-electron chi connectivity index (χ0n) is 8.94. The van der Waals surface area contributed by atoms with Gasteiger partial charge in [0.1, 0.15) is 5.75 Å². The maximum absolute atomic E-state index is 11.8. The first-order valence-electron chi connectivity index (χ1n) is 4.75. The van der Waals surface area contributed by atoms with Crippen LogP contribution in [0.4, 0.5) is 5.82 Å². The second-order valence-electron chi connectivity index (χ2n) is 3.14. The molecule has 0 unspecified atom stereocenters. The first kappa shape index (κ1) is 11.9. The molecule has 88 valence electrons. The van der Waals surface area contributed by atoms with Gasteiger partial charge >= 0.3 is 0 Å². The van der Waals surface area contributed by atoms with Crippen LogP contribution in [0.5, 0.6) is 5.75 Å². The van der Waals surface area contributed by atoms with Crippen LogP contribution >= 0.6 is 22.9 Å². The number of anilines is 1. The number of halogens is 1. The summed E-state index contributed by atoms with van der Waals surface area (Å²) >= 11 is 7.19. The number of pyridine rings is 1. The first-order valence-corrected chi connectivity index (χ1v) is 6.01. The highest BCUT2D eigenvalue weighted by molar-refractivity contribution is 7.12. The van der Waals surface area contributed by atoms with E-state index in [1.165, 1.54) is 11.3 Å². The van der Waals surface area contributed by atoms with Crippen molar-refractivity contribution in [2.75, 3.05) is 12.4 Å². The van der Waals surface area contributed by atoms with Crippen LogP contribution in [0.25, 0.3) is 0 Å². The van der Waals surface area contributed by atoms with Gasteiger partial charge in [0.25, 0.3) is 5.91 Å². The van der Waals surface area contributed by atoms with Gasteiger partial charge in [-0.05, 0) is 12.1 Å². The third-order valence-corrected chi connectivity index (χ3v) is 3.24. The molecule has 0 aromatic carbocycles. The highest BCUT2D eigenvalue weighted by atomic mass is 35.5. The molecular weight excluding hydrogens is 260 g/mol. The van der Waals surface area contributed by atoms with Crippen LogP contribution in [0, 0.1) is 0 Å². The number of methoxy groups -OCH3 is 1. The van der Waals surface area contributed by atoms with Crippen molar-refractivity contribution < 1.29 is 9.53 Å². The number of thiophene rings is 1. The fourth-order valence-corrected chi connectivity index (χ4v) is 2.11. The van der Waals surface area contributed by atoms with E-state index in [0.717, 1.165) is 0 Å². The highest BCUT2D eigenvalue weighted by Crippen LogP contribution is 2.23. The van der Waals surface area contributed by atoms with Gasteiger partial charge in [-0.3, -0.25) is 4.79 Å². The SMILES string of the molecule is COc1csc(C(=O)Nc2ncccc2Cl)c1. The molecule has 4 nitrogen and oxygen atoms in total. The van der Waals surface area contributed by atoms with E-state index in [1.807, 2.05) is 0 Å². The molecule has 0 bridgehead atoms. The predicted octanol–water partition coefficient (Wildman–Crippen LogP) is 3.06. The fourth-order valence-electron chi connectivity index (χ4n) is 1.19. The van der Waals surface area contributed by atoms with Crippen LogP contribution in [0.3, 0.4) is 0 Å². The lowest BCUT2D eigenvalue weighted by Crippen LogP contribution is -2.11. The van der Waals surface area contributed by atoms with Crippen molar-refractivity contribution in [2.45, 2.75) is 0 Å². The van der Waals surface area contributed by atoms with Crippen LogP contribution in [0.1, 0.15) is 9.67 Å². The molecule has 2 rings (SSSR count). The second-order valence-corrected chi connectivity index (χ2v) is 4.46. The average molecular weight is 269 g/mol. The average Bonchev–Trinajstić information content (AvgIpc) is 2.81. The molecule has 0 spiro atoms.